The number of phenols is 1. The molecule has 0 radical (unpaired) electrons. The van der Waals surface area contributed by atoms with Gasteiger partial charge in [0.1, 0.15) is 5.75 Å². The Balaban J connectivity index is 3.04. The highest BCUT2D eigenvalue weighted by molar-refractivity contribution is 6.01. The molecule has 0 aromatic heterocycles. The zero-order chi connectivity index (χ0) is 15.4. The molecule has 0 aliphatic rings. The first-order valence-electron chi connectivity index (χ1n) is 6.23. The van der Waals surface area contributed by atoms with E-state index in [4.69, 9.17) is 5.11 Å². The molecule has 20 heavy (non-hydrogen) atoms. The van der Waals surface area contributed by atoms with E-state index in [1.54, 1.807) is 38.2 Å². The second kappa shape index (κ2) is 6.23. The van der Waals surface area contributed by atoms with Crippen molar-refractivity contribution in [3.05, 3.63) is 41.0 Å². The van der Waals surface area contributed by atoms with Crippen molar-refractivity contribution in [3.63, 3.8) is 0 Å². The average molecular weight is 277 g/mol. The summed E-state index contributed by atoms with van der Waals surface area (Å²) in [5.74, 6) is -1.38. The van der Waals surface area contributed by atoms with Crippen LogP contribution < -0.4 is 0 Å². The van der Waals surface area contributed by atoms with Crippen LogP contribution in [0.5, 0.6) is 5.75 Å². The number of hydrogen-bond donors (Lipinski definition) is 2. The van der Waals surface area contributed by atoms with E-state index in [0.717, 1.165) is 0 Å². The fourth-order valence-corrected chi connectivity index (χ4v) is 1.81. The highest BCUT2D eigenvalue weighted by atomic mass is 16.4. The second-order valence-electron chi connectivity index (χ2n) is 4.71. The molecule has 1 atom stereocenters. The van der Waals surface area contributed by atoms with E-state index in [1.165, 1.54) is 18.7 Å². The maximum absolute atomic E-state index is 12.2. The zero-order valence-corrected chi connectivity index (χ0v) is 12.0. The molecule has 0 bridgehead atoms. The molecule has 5 nitrogen and oxygen atoms in total. The Labute approximate surface area is 118 Å². The molecule has 1 amide bonds. The highest BCUT2D eigenvalue weighted by Gasteiger charge is 2.22. The number of nitrogens with zero attached hydrogens (tertiary/aromatic N) is 1. The summed E-state index contributed by atoms with van der Waals surface area (Å²) in [5, 5.41) is 18.7. The van der Waals surface area contributed by atoms with E-state index in [1.807, 2.05) is 0 Å². The molecule has 1 aromatic carbocycles. The third kappa shape index (κ3) is 3.17. The summed E-state index contributed by atoms with van der Waals surface area (Å²) in [7, 11) is 1.58. The summed E-state index contributed by atoms with van der Waals surface area (Å²) in [6.45, 7) is 4.66. The van der Waals surface area contributed by atoms with Crippen molar-refractivity contribution in [2.24, 2.45) is 0 Å². The largest absolute Gasteiger partial charge is 0.508 e. The van der Waals surface area contributed by atoms with Gasteiger partial charge in [-0.05, 0) is 26.8 Å². The van der Waals surface area contributed by atoms with Crippen molar-refractivity contribution in [1.82, 2.24) is 4.90 Å². The van der Waals surface area contributed by atoms with Gasteiger partial charge in [-0.25, -0.2) is 4.79 Å². The van der Waals surface area contributed by atoms with E-state index in [0.29, 0.717) is 5.56 Å². The lowest BCUT2D eigenvalue weighted by Crippen LogP contribution is -2.31. The van der Waals surface area contributed by atoms with E-state index in [9.17, 15) is 14.7 Å². The van der Waals surface area contributed by atoms with Gasteiger partial charge >= 0.3 is 5.97 Å². The van der Waals surface area contributed by atoms with Gasteiger partial charge in [-0.15, -0.1) is 0 Å². The third-order valence-corrected chi connectivity index (χ3v) is 3.49. The minimum Gasteiger partial charge on any atom is -0.508 e. The fourth-order valence-electron chi connectivity index (χ4n) is 1.81. The maximum Gasteiger partial charge on any atom is 0.331 e. The number of carbonyl (C=O) groups is 2. The molecule has 0 aliphatic heterocycles. The van der Waals surface area contributed by atoms with Crippen LogP contribution in [-0.2, 0) is 9.59 Å². The van der Waals surface area contributed by atoms with Gasteiger partial charge in [-0.2, -0.15) is 0 Å². The van der Waals surface area contributed by atoms with Crippen LogP contribution in [0.4, 0.5) is 0 Å². The number of aliphatic carboxylic acids is 1. The van der Waals surface area contributed by atoms with E-state index in [-0.39, 0.29) is 28.8 Å². The van der Waals surface area contributed by atoms with Crippen LogP contribution in [0.1, 0.15) is 32.4 Å². The number of phenolic OH excluding ortho intramolecular Hbond substituents is 1. The molecule has 0 saturated carbocycles. The van der Waals surface area contributed by atoms with Gasteiger partial charge in [0.25, 0.3) is 0 Å². The maximum atomic E-state index is 12.2. The minimum absolute atomic E-state index is 0.0198. The molecule has 0 spiro atoms. The van der Waals surface area contributed by atoms with Gasteiger partial charge in [0, 0.05) is 23.8 Å². The summed E-state index contributed by atoms with van der Waals surface area (Å²) in [6, 6.07) is 6.39. The number of aromatic hydroxyl groups is 1. The number of benzene rings is 1. The Bertz CT molecular complexity index is 563. The second-order valence-corrected chi connectivity index (χ2v) is 4.71. The van der Waals surface area contributed by atoms with E-state index < -0.39 is 5.97 Å². The van der Waals surface area contributed by atoms with Crippen LogP contribution in [0.3, 0.4) is 0 Å². The quantitative estimate of drug-likeness (QED) is 0.828. The van der Waals surface area contributed by atoms with Gasteiger partial charge in [0.05, 0.1) is 6.04 Å². The molecular formula is C15H19NO4. The first-order valence-corrected chi connectivity index (χ1v) is 6.23. The lowest BCUT2D eigenvalue weighted by molar-refractivity contribution is -0.134. The van der Waals surface area contributed by atoms with E-state index >= 15 is 0 Å². The summed E-state index contributed by atoms with van der Waals surface area (Å²) >= 11 is 0. The van der Waals surface area contributed by atoms with Crippen molar-refractivity contribution in [3.8, 4) is 5.75 Å². The number of carbonyl (C=O) groups excluding carboxylic acids is 1. The summed E-state index contributed by atoms with van der Waals surface area (Å²) < 4.78 is 0. The number of hydrogen-bond acceptors (Lipinski definition) is 3. The van der Waals surface area contributed by atoms with Crippen LogP contribution in [-0.4, -0.2) is 34.0 Å². The predicted molar refractivity (Wildman–Crippen MR) is 75.3 cm³/mol. The van der Waals surface area contributed by atoms with Gasteiger partial charge in [0.15, 0.2) is 0 Å². The Morgan fingerprint density at radius 1 is 1.15 bits per heavy atom. The molecule has 1 rings (SSSR count). The monoisotopic (exact) mass is 277 g/mol. The molecule has 0 heterocycles. The lowest BCUT2D eigenvalue weighted by atomic mass is 10.0. The molecule has 2 N–H and O–H groups in total. The molecule has 0 aliphatic carbocycles. The molecule has 1 unspecified atom stereocenters. The molecule has 0 saturated heterocycles. The Morgan fingerprint density at radius 3 is 2.20 bits per heavy atom. The zero-order valence-electron chi connectivity index (χ0n) is 12.0. The Hall–Kier alpha value is -2.30. The fraction of sp³-hybridized carbons (Fsp3) is 0.333. The molecular weight excluding hydrogens is 258 g/mol. The van der Waals surface area contributed by atoms with Gasteiger partial charge in [-0.3, -0.25) is 4.79 Å². The van der Waals surface area contributed by atoms with Crippen molar-refractivity contribution in [2.45, 2.75) is 26.8 Å². The predicted octanol–water partition coefficient (Wildman–Crippen LogP) is 2.33. The number of rotatable bonds is 4. The van der Waals surface area contributed by atoms with Crippen LogP contribution in [0.2, 0.25) is 0 Å². The smallest absolute Gasteiger partial charge is 0.331 e. The van der Waals surface area contributed by atoms with Crippen LogP contribution in [0.25, 0.3) is 0 Å². The van der Waals surface area contributed by atoms with Gasteiger partial charge in [-0.1, -0.05) is 18.2 Å². The standard InChI is InChI=1S/C15H19NO4/c1-9(10(2)15(19)20)14(18)16(4)11(3)12-7-5-6-8-13(12)17/h5-8,11,17H,1-4H3,(H,19,20). The number of carboxylic acids is 1. The lowest BCUT2D eigenvalue weighted by Gasteiger charge is -2.26. The first kappa shape index (κ1) is 15.8. The van der Waals surface area contributed by atoms with Crippen molar-refractivity contribution >= 4 is 11.9 Å². The van der Waals surface area contributed by atoms with Crippen LogP contribution in [0, 0.1) is 0 Å². The average Bonchev–Trinajstić information content (AvgIpc) is 2.43. The van der Waals surface area contributed by atoms with Crippen molar-refractivity contribution < 1.29 is 19.8 Å². The summed E-state index contributed by atoms with van der Waals surface area (Å²) in [4.78, 5) is 24.5. The highest BCUT2D eigenvalue weighted by Crippen LogP contribution is 2.28. The summed E-state index contributed by atoms with van der Waals surface area (Å²) in [6.07, 6.45) is 0. The first-order chi connectivity index (χ1) is 9.27. The molecule has 5 heteroatoms. The topological polar surface area (TPSA) is 77.8 Å². The van der Waals surface area contributed by atoms with Crippen LogP contribution in [0.15, 0.2) is 35.4 Å². The Morgan fingerprint density at radius 2 is 1.70 bits per heavy atom. The molecule has 0 fully saturated rings. The number of amides is 1. The van der Waals surface area contributed by atoms with Crippen molar-refractivity contribution in [2.75, 3.05) is 7.05 Å². The number of carboxylic acid groups (broad SMARTS) is 1. The SMILES string of the molecule is CC(C(=O)O)=C(C)C(=O)N(C)C(C)c1ccccc1O. The molecule has 108 valence electrons. The molecule has 1 aromatic rings. The number of likely N-dealkylation sites (N-methyl/N-ethyl adjacent to an activating group) is 1. The number of para-hydroxylation sites is 1. The third-order valence-electron chi connectivity index (χ3n) is 3.49. The minimum atomic E-state index is -1.11. The van der Waals surface area contributed by atoms with Gasteiger partial charge < -0.3 is 15.1 Å². The van der Waals surface area contributed by atoms with Gasteiger partial charge in [0.2, 0.25) is 5.91 Å². The summed E-state index contributed by atoms with van der Waals surface area (Å²) in [5.41, 5.74) is 0.817. The normalized spacial score (nSPS) is 13.4. The van der Waals surface area contributed by atoms with E-state index in [2.05, 4.69) is 0 Å². The Kier molecular flexibility index (Phi) is 4.91. The van der Waals surface area contributed by atoms with Crippen molar-refractivity contribution in [1.29, 1.82) is 0 Å². The van der Waals surface area contributed by atoms with Crippen LogP contribution >= 0.6 is 0 Å².